The summed E-state index contributed by atoms with van der Waals surface area (Å²) >= 11 is 0. The largest absolute Gasteiger partial charge is 0.492 e. The molecule has 1 aliphatic heterocycles. The van der Waals surface area contributed by atoms with E-state index in [2.05, 4.69) is 32.2 Å². The molecule has 1 aromatic heterocycles. The van der Waals surface area contributed by atoms with Gasteiger partial charge in [-0.3, -0.25) is 9.88 Å². The van der Waals surface area contributed by atoms with Gasteiger partial charge in [0.05, 0.1) is 11.1 Å². The number of benzene rings is 3. The fourth-order valence-electron chi connectivity index (χ4n) is 4.65. The molecular weight excluding hydrogens is 477 g/mol. The number of alkyl halides is 3. The third-order valence-corrected chi connectivity index (χ3v) is 6.53. The highest BCUT2D eigenvalue weighted by Gasteiger charge is 2.31. The van der Waals surface area contributed by atoms with Gasteiger partial charge in [0, 0.05) is 66.9 Å². The average Bonchev–Trinajstić information content (AvgIpc) is 2.89. The van der Waals surface area contributed by atoms with E-state index >= 15 is 0 Å². The Morgan fingerprint density at radius 1 is 0.892 bits per heavy atom. The van der Waals surface area contributed by atoms with Crippen LogP contribution in [0.1, 0.15) is 11.3 Å². The number of aromatic nitrogens is 1. The monoisotopic (exact) mass is 506 g/mol. The van der Waals surface area contributed by atoms with Gasteiger partial charge in [-0.25, -0.2) is 0 Å². The van der Waals surface area contributed by atoms with Gasteiger partial charge in [-0.05, 0) is 43.3 Å². The number of hydrogen-bond acceptors (Lipinski definition) is 5. The van der Waals surface area contributed by atoms with E-state index in [1.165, 1.54) is 5.69 Å². The molecule has 37 heavy (non-hydrogen) atoms. The van der Waals surface area contributed by atoms with Gasteiger partial charge >= 0.3 is 6.18 Å². The van der Waals surface area contributed by atoms with Crippen LogP contribution in [0.3, 0.4) is 0 Å². The highest BCUT2D eigenvalue weighted by atomic mass is 19.4. The zero-order valence-corrected chi connectivity index (χ0v) is 20.6. The van der Waals surface area contributed by atoms with Gasteiger partial charge in [0.2, 0.25) is 0 Å². The normalized spacial score (nSPS) is 14.6. The van der Waals surface area contributed by atoms with Crippen molar-refractivity contribution in [2.24, 2.45) is 0 Å². The Balaban J connectivity index is 1.26. The van der Waals surface area contributed by atoms with Crippen LogP contribution in [-0.4, -0.2) is 49.2 Å². The predicted octanol–water partition coefficient (Wildman–Crippen LogP) is 6.51. The second kappa shape index (κ2) is 10.7. The van der Waals surface area contributed by atoms with Crippen LogP contribution in [0.15, 0.2) is 78.9 Å². The van der Waals surface area contributed by atoms with E-state index in [9.17, 15) is 13.2 Å². The Bertz CT molecular complexity index is 1350. The minimum absolute atomic E-state index is 0.190. The van der Waals surface area contributed by atoms with Gasteiger partial charge in [-0.15, -0.1) is 0 Å². The van der Waals surface area contributed by atoms with Crippen molar-refractivity contribution in [1.82, 2.24) is 9.88 Å². The molecule has 3 aromatic carbocycles. The Morgan fingerprint density at radius 3 is 2.38 bits per heavy atom. The summed E-state index contributed by atoms with van der Waals surface area (Å²) in [5, 5.41) is 4.00. The molecule has 5 nitrogen and oxygen atoms in total. The van der Waals surface area contributed by atoms with Gasteiger partial charge in [-0.1, -0.05) is 36.4 Å². The number of aryl methyl sites for hydroxylation is 1. The molecule has 8 heteroatoms. The maximum atomic E-state index is 13.7. The molecule has 0 atom stereocenters. The lowest BCUT2D eigenvalue weighted by molar-refractivity contribution is -0.137. The lowest BCUT2D eigenvalue weighted by atomic mass is 10.1. The Kier molecular flexibility index (Phi) is 7.19. The summed E-state index contributed by atoms with van der Waals surface area (Å²) in [6.07, 6.45) is -4.49. The lowest BCUT2D eigenvalue weighted by Gasteiger charge is -2.36. The molecular formula is C29H29F3N4O. The molecule has 2 heterocycles. The molecule has 1 saturated heterocycles. The van der Waals surface area contributed by atoms with Crippen molar-refractivity contribution in [3.63, 3.8) is 0 Å². The summed E-state index contributed by atoms with van der Waals surface area (Å²) in [5.41, 5.74) is 3.03. The Labute approximate surface area is 214 Å². The Morgan fingerprint density at radius 2 is 1.62 bits per heavy atom. The van der Waals surface area contributed by atoms with Crippen molar-refractivity contribution in [1.29, 1.82) is 0 Å². The highest BCUT2D eigenvalue weighted by molar-refractivity contribution is 5.93. The standard InChI is InChI=1S/C29H29F3N4O/c1-21-17-28(26-9-5-6-10-27(26)33-21)34-23-18-22(29(30,31)32)19-25(20-23)37-16-15-35-11-13-36(14-12-35)24-7-3-2-4-8-24/h2-10,17-20H,11-16H2,1H3,(H,33,34). The summed E-state index contributed by atoms with van der Waals surface area (Å²) in [6.45, 7) is 6.38. The van der Waals surface area contributed by atoms with Crippen LogP contribution in [0.25, 0.3) is 10.9 Å². The summed E-state index contributed by atoms with van der Waals surface area (Å²) in [6, 6.07) is 23.5. The first-order valence-electron chi connectivity index (χ1n) is 12.4. The van der Waals surface area contributed by atoms with Crippen molar-refractivity contribution in [2.45, 2.75) is 13.1 Å². The molecule has 192 valence electrons. The van der Waals surface area contributed by atoms with Crippen LogP contribution in [-0.2, 0) is 6.18 Å². The van der Waals surface area contributed by atoms with Crippen LogP contribution < -0.4 is 15.0 Å². The number of anilines is 3. The second-order valence-corrected chi connectivity index (χ2v) is 9.21. The molecule has 0 saturated carbocycles. The van der Waals surface area contributed by atoms with E-state index in [0.717, 1.165) is 54.9 Å². The van der Waals surface area contributed by atoms with E-state index < -0.39 is 11.7 Å². The second-order valence-electron chi connectivity index (χ2n) is 9.21. The van der Waals surface area contributed by atoms with Crippen molar-refractivity contribution in [3.8, 4) is 5.75 Å². The van der Waals surface area contributed by atoms with E-state index in [4.69, 9.17) is 4.74 Å². The molecule has 1 N–H and O–H groups in total. The molecule has 4 aromatic rings. The van der Waals surface area contributed by atoms with Crippen LogP contribution in [0.2, 0.25) is 0 Å². The zero-order valence-electron chi connectivity index (χ0n) is 20.6. The maximum absolute atomic E-state index is 13.7. The fraction of sp³-hybridized carbons (Fsp3) is 0.276. The first-order valence-corrected chi connectivity index (χ1v) is 12.4. The van der Waals surface area contributed by atoms with Gasteiger partial charge in [0.1, 0.15) is 12.4 Å². The highest BCUT2D eigenvalue weighted by Crippen LogP contribution is 2.36. The molecule has 0 unspecified atom stereocenters. The minimum atomic E-state index is -4.49. The van der Waals surface area contributed by atoms with Crippen molar-refractivity contribution < 1.29 is 17.9 Å². The SMILES string of the molecule is Cc1cc(Nc2cc(OCCN3CCN(c4ccccc4)CC3)cc(C(F)(F)F)c2)c2ccccc2n1. The third-order valence-electron chi connectivity index (χ3n) is 6.53. The molecule has 0 spiro atoms. The van der Waals surface area contributed by atoms with E-state index in [1.807, 2.05) is 55.5 Å². The van der Waals surface area contributed by atoms with Gasteiger partial charge in [0.25, 0.3) is 0 Å². The number of rotatable bonds is 7. The fourth-order valence-corrected chi connectivity index (χ4v) is 4.65. The van der Waals surface area contributed by atoms with Crippen LogP contribution in [0.4, 0.5) is 30.2 Å². The van der Waals surface area contributed by atoms with Crippen molar-refractivity contribution in [2.75, 3.05) is 49.5 Å². The number of halogens is 3. The molecule has 1 aliphatic rings. The number of para-hydroxylation sites is 2. The summed E-state index contributed by atoms with van der Waals surface area (Å²) in [4.78, 5) is 9.12. The number of hydrogen-bond donors (Lipinski definition) is 1. The van der Waals surface area contributed by atoms with Crippen LogP contribution >= 0.6 is 0 Å². The number of fused-ring (bicyclic) bond motifs is 1. The molecule has 0 bridgehead atoms. The lowest BCUT2D eigenvalue weighted by Crippen LogP contribution is -2.47. The van der Waals surface area contributed by atoms with E-state index in [1.54, 1.807) is 6.07 Å². The van der Waals surface area contributed by atoms with Crippen molar-refractivity contribution >= 4 is 28.0 Å². The quantitative estimate of drug-likeness (QED) is 0.310. The molecule has 1 fully saturated rings. The first-order chi connectivity index (χ1) is 17.8. The molecule has 0 aliphatic carbocycles. The van der Waals surface area contributed by atoms with Gasteiger partial charge in [0.15, 0.2) is 0 Å². The smallest absolute Gasteiger partial charge is 0.416 e. The number of piperazine rings is 1. The van der Waals surface area contributed by atoms with Crippen LogP contribution in [0, 0.1) is 6.92 Å². The minimum Gasteiger partial charge on any atom is -0.492 e. The summed E-state index contributed by atoms with van der Waals surface area (Å²) in [7, 11) is 0. The Hall–Kier alpha value is -3.78. The number of ether oxygens (including phenoxy) is 1. The molecule has 5 rings (SSSR count). The third kappa shape index (κ3) is 6.14. The van der Waals surface area contributed by atoms with Crippen LogP contribution in [0.5, 0.6) is 5.75 Å². The average molecular weight is 507 g/mol. The zero-order chi connectivity index (χ0) is 25.8. The van der Waals surface area contributed by atoms with E-state index in [-0.39, 0.29) is 5.75 Å². The van der Waals surface area contributed by atoms with Gasteiger partial charge < -0.3 is 15.0 Å². The molecule has 0 radical (unpaired) electrons. The summed E-state index contributed by atoms with van der Waals surface area (Å²) in [5.74, 6) is 0.190. The maximum Gasteiger partial charge on any atom is 0.416 e. The predicted molar refractivity (Wildman–Crippen MR) is 142 cm³/mol. The number of nitrogens with zero attached hydrogens (tertiary/aromatic N) is 3. The number of pyridine rings is 1. The number of nitrogens with one attached hydrogen (secondary N) is 1. The van der Waals surface area contributed by atoms with Crippen molar-refractivity contribution in [3.05, 3.63) is 90.1 Å². The summed E-state index contributed by atoms with van der Waals surface area (Å²) < 4.78 is 46.9. The van der Waals surface area contributed by atoms with E-state index in [0.29, 0.717) is 24.5 Å². The topological polar surface area (TPSA) is 40.6 Å². The molecule has 0 amide bonds. The first kappa shape index (κ1) is 24.9. The van der Waals surface area contributed by atoms with Gasteiger partial charge in [-0.2, -0.15) is 13.2 Å².